The number of phenolic OH excluding ortho intramolecular Hbond substituents is 1. The molecule has 11 nitrogen and oxygen atoms in total. The van der Waals surface area contributed by atoms with Crippen LogP contribution in [-0.2, 0) is 16.0 Å². The zero-order valence-electron chi connectivity index (χ0n) is 27.3. The highest BCUT2D eigenvalue weighted by Crippen LogP contribution is 2.39. The molecule has 45 heavy (non-hydrogen) atoms. The Labute approximate surface area is 267 Å². The van der Waals surface area contributed by atoms with Gasteiger partial charge in [0.1, 0.15) is 12.2 Å². The third kappa shape index (κ3) is 9.03. The van der Waals surface area contributed by atoms with Crippen molar-refractivity contribution in [2.75, 3.05) is 33.7 Å². The van der Waals surface area contributed by atoms with Gasteiger partial charge in [-0.25, -0.2) is 0 Å². The van der Waals surface area contributed by atoms with E-state index in [0.717, 1.165) is 50.8 Å². The predicted molar refractivity (Wildman–Crippen MR) is 174 cm³/mol. The van der Waals surface area contributed by atoms with Crippen LogP contribution in [0.25, 0.3) is 0 Å². The normalized spacial score (nSPS) is 33.3. The molecule has 1 aliphatic carbocycles. The molecule has 8 atom stereocenters. The standard InChI is InChI=1S/C34H53N5O6/c1-22(40)33(20-38-32(35)37-4)13-9-25-6-5-12-34(21-36-3)19-27(11-15-39-34)45-31-17-24(7-8-29(31)43)16-28(25)30(44-23(2)41)18-26(42)10-14-33/h7-8,17,22,25-28,30,36,39-40,42-43H,5-6,10-12,14-16,18-21H2,1-4H3,(H3,35,37,38)/t22-,25+,26-,27-,28-,30-,33-,34+/m0/s1. The number of phenols is 1. The molecule has 11 heteroatoms. The van der Waals surface area contributed by atoms with E-state index in [-0.39, 0.29) is 48.2 Å². The predicted octanol–water partition coefficient (Wildman–Crippen LogP) is 1.82. The number of aliphatic hydroxyl groups is 2. The highest BCUT2D eigenvalue weighted by atomic mass is 16.5. The number of aliphatic imine (C=N–C) groups is 1. The molecule has 0 unspecified atom stereocenters. The molecule has 8 N–H and O–H groups in total. The van der Waals surface area contributed by atoms with Crippen molar-refractivity contribution in [3.63, 3.8) is 0 Å². The third-order valence-corrected chi connectivity index (χ3v) is 9.93. The molecule has 1 aromatic rings. The second-order valence-electron chi connectivity index (χ2n) is 13.3. The van der Waals surface area contributed by atoms with E-state index in [0.29, 0.717) is 25.0 Å². The Morgan fingerprint density at radius 2 is 2.09 bits per heavy atom. The average molecular weight is 628 g/mol. The first kappa shape index (κ1) is 34.8. The number of carbonyl (C=O) groups excluding carboxylic acids is 1. The average Bonchev–Trinajstić information content (AvgIpc) is 2.99. The topological polar surface area (TPSA) is 171 Å². The van der Waals surface area contributed by atoms with E-state index in [2.05, 4.69) is 32.8 Å². The second kappa shape index (κ2) is 15.5. The zero-order valence-corrected chi connectivity index (χ0v) is 27.3. The Morgan fingerprint density at radius 3 is 2.80 bits per heavy atom. The quantitative estimate of drug-likeness (QED) is 0.107. The van der Waals surface area contributed by atoms with Crippen LogP contribution in [0.4, 0.5) is 0 Å². The molecule has 0 amide bonds. The van der Waals surface area contributed by atoms with Gasteiger partial charge in [-0.3, -0.25) is 9.79 Å². The Balaban J connectivity index is 1.84. The maximum atomic E-state index is 12.4. The van der Waals surface area contributed by atoms with Crippen molar-refractivity contribution in [2.24, 2.45) is 28.0 Å². The first-order chi connectivity index (χ1) is 21.5. The number of aliphatic hydroxyl groups excluding tert-OH is 2. The number of aromatic hydroxyl groups is 1. The van der Waals surface area contributed by atoms with Gasteiger partial charge in [0, 0.05) is 57.3 Å². The molecule has 0 radical (unpaired) electrons. The summed E-state index contributed by atoms with van der Waals surface area (Å²) in [6.45, 7) is 4.96. The fraction of sp³-hybridized carbons (Fsp3) is 0.706. The molecule has 1 saturated heterocycles. The number of hydrogen-bond donors (Lipinski definition) is 7. The minimum absolute atomic E-state index is 0.0517. The van der Waals surface area contributed by atoms with Crippen molar-refractivity contribution in [1.82, 2.24) is 16.0 Å². The van der Waals surface area contributed by atoms with E-state index in [4.69, 9.17) is 15.2 Å². The zero-order chi connectivity index (χ0) is 32.6. The van der Waals surface area contributed by atoms with Gasteiger partial charge in [0.05, 0.1) is 17.6 Å². The molecule has 250 valence electrons. The summed E-state index contributed by atoms with van der Waals surface area (Å²) in [6.07, 6.45) is 3.38. The van der Waals surface area contributed by atoms with Gasteiger partial charge in [-0.05, 0) is 76.7 Å². The van der Waals surface area contributed by atoms with Gasteiger partial charge >= 0.3 is 5.97 Å². The summed E-state index contributed by atoms with van der Waals surface area (Å²) in [4.78, 5) is 16.4. The molecule has 4 bridgehead atoms. The van der Waals surface area contributed by atoms with E-state index in [1.54, 1.807) is 20.0 Å². The molecule has 2 heterocycles. The van der Waals surface area contributed by atoms with Gasteiger partial charge in [0.25, 0.3) is 0 Å². The van der Waals surface area contributed by atoms with Crippen molar-refractivity contribution in [3.05, 3.63) is 23.8 Å². The molecular formula is C34H53N5O6. The molecule has 0 saturated carbocycles. The second-order valence-corrected chi connectivity index (χ2v) is 13.3. The molecule has 1 fully saturated rings. The number of likely N-dealkylation sites (N-methyl/N-ethyl adjacent to an activating group) is 1. The number of piperidine rings is 1. The van der Waals surface area contributed by atoms with Crippen LogP contribution in [0.3, 0.4) is 0 Å². The number of esters is 1. The Hall–Kier alpha value is -3.04. The molecule has 4 rings (SSSR count). The van der Waals surface area contributed by atoms with Crippen LogP contribution in [0.15, 0.2) is 23.2 Å². The summed E-state index contributed by atoms with van der Waals surface area (Å²) in [7, 11) is 3.55. The Morgan fingerprint density at radius 1 is 1.29 bits per heavy atom. The van der Waals surface area contributed by atoms with Crippen LogP contribution >= 0.6 is 0 Å². The van der Waals surface area contributed by atoms with Crippen LogP contribution in [0.2, 0.25) is 0 Å². The van der Waals surface area contributed by atoms with Crippen LogP contribution in [-0.4, -0.2) is 90.9 Å². The maximum Gasteiger partial charge on any atom is 0.302 e. The molecule has 2 aliphatic heterocycles. The monoisotopic (exact) mass is 627 g/mol. The van der Waals surface area contributed by atoms with E-state index in [1.165, 1.54) is 6.92 Å². The number of fused-ring (bicyclic) bond motifs is 5. The highest BCUT2D eigenvalue weighted by molar-refractivity contribution is 5.77. The molecule has 0 spiro atoms. The number of nitrogens with two attached hydrogens (primary N) is 1. The number of carbonyl (C=O) groups is 1. The minimum Gasteiger partial charge on any atom is -0.504 e. The molecule has 3 aliphatic rings. The summed E-state index contributed by atoms with van der Waals surface area (Å²) >= 11 is 0. The number of nitrogens with one attached hydrogen (secondary N) is 3. The van der Waals surface area contributed by atoms with Gasteiger partial charge in [0.2, 0.25) is 0 Å². The molecule has 0 aromatic heterocycles. The van der Waals surface area contributed by atoms with E-state index >= 15 is 0 Å². The van der Waals surface area contributed by atoms with E-state index in [9.17, 15) is 20.1 Å². The van der Waals surface area contributed by atoms with Gasteiger partial charge < -0.3 is 46.5 Å². The van der Waals surface area contributed by atoms with Crippen LogP contribution in [0, 0.1) is 29.1 Å². The Bertz CT molecular complexity index is 1240. The summed E-state index contributed by atoms with van der Waals surface area (Å²) in [5.74, 6) is 6.96. The number of nitrogens with zero attached hydrogens (tertiary/aromatic N) is 1. The van der Waals surface area contributed by atoms with Gasteiger partial charge in [0.15, 0.2) is 17.5 Å². The SMILES string of the molecule is CN=C(N)NC[C@]1([C@H](C)O)C#C[C@H]2CCC[C@]3(CNC)C[C@H](CCN3)Oc3cc(ccc3O)C[C@@H]2[C@@H](OC(C)=O)C[C@@H](O)CC1. The lowest BCUT2D eigenvalue weighted by molar-refractivity contribution is -0.152. The fourth-order valence-corrected chi connectivity index (χ4v) is 7.33. The lowest BCUT2D eigenvalue weighted by Crippen LogP contribution is -2.58. The van der Waals surface area contributed by atoms with Gasteiger partial charge in [-0.1, -0.05) is 24.3 Å². The van der Waals surface area contributed by atoms with E-state index in [1.807, 2.05) is 19.2 Å². The van der Waals surface area contributed by atoms with Crippen molar-refractivity contribution < 1.29 is 29.6 Å². The van der Waals surface area contributed by atoms with Gasteiger partial charge in [-0.15, -0.1) is 0 Å². The van der Waals surface area contributed by atoms with Crippen LogP contribution in [0.5, 0.6) is 11.5 Å². The van der Waals surface area contributed by atoms with Crippen molar-refractivity contribution in [1.29, 1.82) is 0 Å². The lowest BCUT2D eigenvalue weighted by Gasteiger charge is -2.42. The number of ether oxygens (including phenoxy) is 2. The van der Waals surface area contributed by atoms with Crippen molar-refractivity contribution in [3.8, 4) is 23.3 Å². The summed E-state index contributed by atoms with van der Waals surface area (Å²) in [6, 6.07) is 5.42. The fourth-order valence-electron chi connectivity index (χ4n) is 7.33. The van der Waals surface area contributed by atoms with Crippen molar-refractivity contribution >= 4 is 11.9 Å². The molecule has 1 aromatic carbocycles. The highest BCUT2D eigenvalue weighted by Gasteiger charge is 2.41. The minimum atomic E-state index is -0.888. The smallest absolute Gasteiger partial charge is 0.302 e. The summed E-state index contributed by atoms with van der Waals surface area (Å²) in [5.41, 5.74) is 5.81. The number of benzene rings is 1. The summed E-state index contributed by atoms with van der Waals surface area (Å²) < 4.78 is 12.4. The third-order valence-electron chi connectivity index (χ3n) is 9.93. The lowest BCUT2D eigenvalue weighted by atomic mass is 9.72. The van der Waals surface area contributed by atoms with Crippen LogP contribution in [0.1, 0.15) is 70.8 Å². The first-order valence-corrected chi connectivity index (χ1v) is 16.4. The number of rotatable bonds is 6. The van der Waals surface area contributed by atoms with E-state index < -0.39 is 29.7 Å². The number of guanidine groups is 1. The first-order valence-electron chi connectivity index (χ1n) is 16.4. The maximum absolute atomic E-state index is 12.4. The summed E-state index contributed by atoms with van der Waals surface area (Å²) in [5, 5.41) is 43.4. The van der Waals surface area contributed by atoms with Gasteiger partial charge in [-0.2, -0.15) is 0 Å². The van der Waals surface area contributed by atoms with Crippen molar-refractivity contribution in [2.45, 2.75) is 102 Å². The Kier molecular flexibility index (Phi) is 12.0. The van der Waals surface area contributed by atoms with Crippen LogP contribution < -0.4 is 26.4 Å². The largest absolute Gasteiger partial charge is 0.504 e. The molecular weight excluding hydrogens is 574 g/mol. The number of hydrogen-bond acceptors (Lipinski definition) is 9.